The van der Waals surface area contributed by atoms with Crippen LogP contribution in [0.4, 0.5) is 5.82 Å². The van der Waals surface area contributed by atoms with E-state index in [-0.39, 0.29) is 29.7 Å². The number of nitrogens with zero attached hydrogens (tertiary/aromatic N) is 2. The second kappa shape index (κ2) is 10.1. The molecule has 0 radical (unpaired) electrons. The number of carboxylic acid groups (broad SMARTS) is 1. The number of carbonyl (C=O) groups excluding carboxylic acids is 1. The number of nitrogens with one attached hydrogen (secondary N) is 1. The second-order valence-corrected chi connectivity index (χ2v) is 7.12. The third-order valence-corrected chi connectivity index (χ3v) is 4.27. The molecule has 8 heteroatoms. The normalized spacial score (nSPS) is 10.3. The lowest BCUT2D eigenvalue weighted by molar-refractivity contribution is 0.0696. The summed E-state index contributed by atoms with van der Waals surface area (Å²) in [6.07, 6.45) is 1.01. The monoisotopic (exact) mass is 431 g/mol. The Hall–Kier alpha value is -4.38. The van der Waals surface area contributed by atoms with Crippen LogP contribution in [-0.2, 0) is 6.61 Å². The number of rotatable bonds is 8. The van der Waals surface area contributed by atoms with E-state index in [1.807, 2.05) is 19.9 Å². The highest BCUT2D eigenvalue weighted by Crippen LogP contribution is 2.27. The Morgan fingerprint density at radius 3 is 2.62 bits per heavy atom. The van der Waals surface area contributed by atoms with Crippen LogP contribution >= 0.6 is 0 Å². The first kappa shape index (κ1) is 22.3. The van der Waals surface area contributed by atoms with Crippen molar-refractivity contribution in [3.8, 4) is 17.6 Å². The van der Waals surface area contributed by atoms with E-state index in [9.17, 15) is 9.59 Å². The van der Waals surface area contributed by atoms with Crippen LogP contribution in [0.5, 0.6) is 11.5 Å². The van der Waals surface area contributed by atoms with Crippen molar-refractivity contribution in [3.63, 3.8) is 0 Å². The van der Waals surface area contributed by atoms with E-state index in [4.69, 9.17) is 19.8 Å². The van der Waals surface area contributed by atoms with E-state index in [1.165, 1.54) is 18.3 Å². The molecule has 2 N–H and O–H groups in total. The zero-order valence-electron chi connectivity index (χ0n) is 17.5. The summed E-state index contributed by atoms with van der Waals surface area (Å²) in [6.45, 7) is 3.92. The molecule has 32 heavy (non-hydrogen) atoms. The molecule has 162 valence electrons. The molecule has 0 fully saturated rings. The number of amides is 1. The first-order valence-corrected chi connectivity index (χ1v) is 9.79. The van der Waals surface area contributed by atoms with Crippen LogP contribution in [0.1, 0.15) is 45.7 Å². The van der Waals surface area contributed by atoms with E-state index in [0.29, 0.717) is 17.1 Å². The maximum atomic E-state index is 12.9. The summed E-state index contributed by atoms with van der Waals surface area (Å²) in [4.78, 5) is 27.8. The number of aromatic carboxylic acids is 1. The predicted octanol–water partition coefficient (Wildman–Crippen LogP) is 4.27. The Morgan fingerprint density at radius 1 is 1.16 bits per heavy atom. The summed E-state index contributed by atoms with van der Waals surface area (Å²) >= 11 is 0. The lowest BCUT2D eigenvalue weighted by Gasteiger charge is -2.16. The SMILES string of the molecule is CC(C)Oc1ccc(OCc2cccc(C#N)c2)cc1C(=O)Nc1ccc(C(=O)O)cn1. The van der Waals surface area contributed by atoms with Gasteiger partial charge in [-0.1, -0.05) is 12.1 Å². The van der Waals surface area contributed by atoms with Gasteiger partial charge in [0.05, 0.1) is 28.9 Å². The highest BCUT2D eigenvalue weighted by molar-refractivity contribution is 6.06. The zero-order chi connectivity index (χ0) is 23.1. The minimum Gasteiger partial charge on any atom is -0.490 e. The Labute approximate surface area is 185 Å². The average molecular weight is 431 g/mol. The summed E-state index contributed by atoms with van der Waals surface area (Å²) in [7, 11) is 0. The van der Waals surface area contributed by atoms with E-state index in [2.05, 4.69) is 16.4 Å². The molecule has 0 unspecified atom stereocenters. The summed E-state index contributed by atoms with van der Waals surface area (Å²) in [5.41, 5.74) is 1.61. The molecular formula is C24H21N3O5. The standard InChI is InChI=1S/C24H21N3O5/c1-15(2)32-21-8-7-19(31-14-17-5-3-4-16(10-17)12-25)11-20(21)23(28)27-22-9-6-18(13-26-22)24(29)30/h3-11,13,15H,14H2,1-2H3,(H,29,30)(H,26,27,28). The van der Waals surface area contributed by atoms with Gasteiger partial charge in [0, 0.05) is 6.20 Å². The maximum absolute atomic E-state index is 12.9. The number of carbonyl (C=O) groups is 2. The van der Waals surface area contributed by atoms with Gasteiger partial charge < -0.3 is 19.9 Å². The van der Waals surface area contributed by atoms with Crippen LogP contribution in [0.15, 0.2) is 60.8 Å². The Kier molecular flexibility index (Phi) is 7.03. The predicted molar refractivity (Wildman–Crippen MR) is 117 cm³/mol. The number of aromatic nitrogens is 1. The molecular weight excluding hydrogens is 410 g/mol. The summed E-state index contributed by atoms with van der Waals surface area (Å²) in [6, 6.07) is 16.8. The Balaban J connectivity index is 1.80. The molecule has 0 saturated carbocycles. The Bertz CT molecular complexity index is 1170. The number of benzene rings is 2. The number of pyridine rings is 1. The lowest BCUT2D eigenvalue weighted by atomic mass is 10.1. The molecule has 8 nitrogen and oxygen atoms in total. The van der Waals surface area contributed by atoms with Crippen LogP contribution in [0.3, 0.4) is 0 Å². The zero-order valence-corrected chi connectivity index (χ0v) is 17.5. The average Bonchev–Trinajstić information content (AvgIpc) is 2.78. The molecule has 0 bridgehead atoms. The van der Waals surface area contributed by atoms with Crippen molar-refractivity contribution in [1.29, 1.82) is 5.26 Å². The molecule has 0 aliphatic carbocycles. The fraction of sp³-hybridized carbons (Fsp3) is 0.167. The van der Waals surface area contributed by atoms with Crippen LogP contribution < -0.4 is 14.8 Å². The molecule has 0 aliphatic rings. The van der Waals surface area contributed by atoms with Gasteiger partial charge in [0.25, 0.3) is 5.91 Å². The molecule has 3 rings (SSSR count). The van der Waals surface area contributed by atoms with Gasteiger partial charge in [-0.15, -0.1) is 0 Å². The van der Waals surface area contributed by atoms with E-state index >= 15 is 0 Å². The summed E-state index contributed by atoms with van der Waals surface area (Å²) in [5, 5.41) is 20.6. The molecule has 1 heterocycles. The second-order valence-electron chi connectivity index (χ2n) is 7.12. The van der Waals surface area contributed by atoms with Crippen LogP contribution in [0, 0.1) is 11.3 Å². The minimum absolute atomic E-state index is 0.0164. The van der Waals surface area contributed by atoms with Crippen LogP contribution in [-0.4, -0.2) is 28.1 Å². The van der Waals surface area contributed by atoms with Crippen molar-refractivity contribution in [2.75, 3.05) is 5.32 Å². The van der Waals surface area contributed by atoms with Crippen molar-refractivity contribution in [1.82, 2.24) is 4.98 Å². The van der Waals surface area contributed by atoms with Crippen molar-refractivity contribution in [3.05, 3.63) is 83.0 Å². The van der Waals surface area contributed by atoms with Crippen molar-refractivity contribution in [2.24, 2.45) is 0 Å². The molecule has 1 amide bonds. The minimum atomic E-state index is -1.10. The number of anilines is 1. The maximum Gasteiger partial charge on any atom is 0.337 e. The van der Waals surface area contributed by atoms with Crippen molar-refractivity contribution >= 4 is 17.7 Å². The van der Waals surface area contributed by atoms with Gasteiger partial charge >= 0.3 is 5.97 Å². The largest absolute Gasteiger partial charge is 0.490 e. The molecule has 0 aliphatic heterocycles. The number of ether oxygens (including phenoxy) is 2. The van der Waals surface area contributed by atoms with Crippen molar-refractivity contribution < 1.29 is 24.2 Å². The van der Waals surface area contributed by atoms with Gasteiger partial charge in [0.2, 0.25) is 0 Å². The van der Waals surface area contributed by atoms with Gasteiger partial charge in [0.15, 0.2) is 0 Å². The highest BCUT2D eigenvalue weighted by Gasteiger charge is 2.17. The fourth-order valence-electron chi connectivity index (χ4n) is 2.81. The molecule has 2 aromatic carbocycles. The highest BCUT2D eigenvalue weighted by atomic mass is 16.5. The smallest absolute Gasteiger partial charge is 0.337 e. The van der Waals surface area contributed by atoms with Gasteiger partial charge in [0.1, 0.15) is 23.9 Å². The van der Waals surface area contributed by atoms with Gasteiger partial charge in [-0.2, -0.15) is 5.26 Å². The van der Waals surface area contributed by atoms with Gasteiger partial charge in [-0.25, -0.2) is 9.78 Å². The quantitative estimate of drug-likeness (QED) is 0.546. The first-order chi connectivity index (χ1) is 15.4. The van der Waals surface area contributed by atoms with Crippen LogP contribution in [0.2, 0.25) is 0 Å². The third kappa shape index (κ3) is 5.83. The number of carboxylic acids is 1. The number of nitriles is 1. The molecule has 3 aromatic rings. The fourth-order valence-corrected chi connectivity index (χ4v) is 2.81. The van der Waals surface area contributed by atoms with Gasteiger partial charge in [-0.3, -0.25) is 4.79 Å². The molecule has 1 aromatic heterocycles. The van der Waals surface area contributed by atoms with Crippen molar-refractivity contribution in [2.45, 2.75) is 26.6 Å². The number of hydrogen-bond donors (Lipinski definition) is 2. The molecule has 0 spiro atoms. The van der Waals surface area contributed by atoms with E-state index in [1.54, 1.807) is 36.4 Å². The van der Waals surface area contributed by atoms with Crippen LogP contribution in [0.25, 0.3) is 0 Å². The Morgan fingerprint density at radius 2 is 1.97 bits per heavy atom. The lowest BCUT2D eigenvalue weighted by Crippen LogP contribution is -2.17. The van der Waals surface area contributed by atoms with E-state index in [0.717, 1.165) is 5.56 Å². The number of hydrogen-bond acceptors (Lipinski definition) is 6. The van der Waals surface area contributed by atoms with E-state index < -0.39 is 11.9 Å². The summed E-state index contributed by atoms with van der Waals surface area (Å²) in [5.74, 6) is -0.558. The third-order valence-electron chi connectivity index (χ3n) is 4.27. The molecule has 0 saturated heterocycles. The van der Waals surface area contributed by atoms with Gasteiger partial charge in [-0.05, 0) is 61.9 Å². The topological polar surface area (TPSA) is 122 Å². The molecule has 0 atom stereocenters. The first-order valence-electron chi connectivity index (χ1n) is 9.79. The summed E-state index contributed by atoms with van der Waals surface area (Å²) < 4.78 is 11.6.